The van der Waals surface area contributed by atoms with E-state index in [2.05, 4.69) is 10.3 Å². The molecule has 0 amide bonds. The summed E-state index contributed by atoms with van der Waals surface area (Å²) in [4.78, 5) is 15.6. The number of nitrogens with zero attached hydrogens (tertiary/aromatic N) is 1. The number of esters is 1. The number of hydrogen-bond acceptors (Lipinski definition) is 4. The fourth-order valence-electron chi connectivity index (χ4n) is 1.35. The molecule has 0 aliphatic rings. The van der Waals surface area contributed by atoms with E-state index >= 15 is 0 Å². The van der Waals surface area contributed by atoms with E-state index < -0.39 is 5.41 Å². The minimum Gasteiger partial charge on any atom is -0.469 e. The summed E-state index contributed by atoms with van der Waals surface area (Å²) < 4.78 is 4.72. The maximum Gasteiger partial charge on any atom is 0.312 e. The minimum atomic E-state index is -0.510. The van der Waals surface area contributed by atoms with E-state index in [1.54, 1.807) is 6.20 Å². The highest BCUT2D eigenvalue weighted by Gasteiger charge is 2.27. The topological polar surface area (TPSA) is 51.2 Å². The fourth-order valence-corrected chi connectivity index (χ4v) is 1.35. The molecule has 0 fully saturated rings. The van der Waals surface area contributed by atoms with Gasteiger partial charge in [-0.25, -0.2) is 0 Å². The molecule has 4 heteroatoms. The van der Waals surface area contributed by atoms with E-state index in [0.717, 1.165) is 5.69 Å². The molecule has 1 N–H and O–H groups in total. The van der Waals surface area contributed by atoms with Crippen LogP contribution < -0.4 is 5.32 Å². The second-order valence-electron chi connectivity index (χ2n) is 4.30. The second kappa shape index (κ2) is 5.61. The molecule has 0 saturated heterocycles. The van der Waals surface area contributed by atoms with Crippen molar-refractivity contribution in [2.75, 3.05) is 13.7 Å². The molecule has 0 aromatic carbocycles. The maximum absolute atomic E-state index is 11.4. The molecular weight excluding hydrogens is 204 g/mol. The van der Waals surface area contributed by atoms with Crippen molar-refractivity contribution in [3.05, 3.63) is 30.1 Å². The quantitative estimate of drug-likeness (QED) is 0.764. The Morgan fingerprint density at radius 3 is 2.81 bits per heavy atom. The molecule has 1 aromatic heterocycles. The Labute approximate surface area is 96.0 Å². The number of nitrogens with one attached hydrogen (secondary N) is 1. The van der Waals surface area contributed by atoms with Crippen LogP contribution in [0.2, 0.25) is 0 Å². The Morgan fingerprint density at radius 2 is 2.25 bits per heavy atom. The third kappa shape index (κ3) is 3.62. The van der Waals surface area contributed by atoms with Gasteiger partial charge in [0, 0.05) is 19.3 Å². The van der Waals surface area contributed by atoms with Crippen LogP contribution in [-0.2, 0) is 16.1 Å². The summed E-state index contributed by atoms with van der Waals surface area (Å²) in [6.45, 7) is 4.92. The van der Waals surface area contributed by atoms with Crippen molar-refractivity contribution in [2.45, 2.75) is 20.4 Å². The summed E-state index contributed by atoms with van der Waals surface area (Å²) >= 11 is 0. The van der Waals surface area contributed by atoms with Crippen LogP contribution in [-0.4, -0.2) is 24.6 Å². The Balaban J connectivity index is 2.38. The average molecular weight is 222 g/mol. The zero-order valence-electron chi connectivity index (χ0n) is 9.99. The molecule has 0 spiro atoms. The van der Waals surface area contributed by atoms with Gasteiger partial charge in [-0.1, -0.05) is 6.07 Å². The Morgan fingerprint density at radius 1 is 1.50 bits per heavy atom. The summed E-state index contributed by atoms with van der Waals surface area (Å²) in [5.74, 6) is -0.207. The Bertz CT molecular complexity index is 336. The van der Waals surface area contributed by atoms with Crippen molar-refractivity contribution in [1.29, 1.82) is 0 Å². The summed E-state index contributed by atoms with van der Waals surface area (Å²) in [7, 11) is 1.41. The zero-order chi connectivity index (χ0) is 12.0. The lowest BCUT2D eigenvalue weighted by Gasteiger charge is -2.21. The van der Waals surface area contributed by atoms with Crippen LogP contribution >= 0.6 is 0 Å². The standard InChI is InChI=1S/C12H18N2O2/c1-12(2,11(15)16-3)9-13-8-10-6-4-5-7-14-10/h4-7,13H,8-9H2,1-3H3. The molecule has 0 unspecified atom stereocenters. The SMILES string of the molecule is COC(=O)C(C)(C)CNCc1ccccn1. The van der Waals surface area contributed by atoms with Crippen molar-refractivity contribution in [2.24, 2.45) is 5.41 Å². The van der Waals surface area contributed by atoms with E-state index in [-0.39, 0.29) is 5.97 Å². The summed E-state index contributed by atoms with van der Waals surface area (Å²) in [5.41, 5.74) is 0.451. The van der Waals surface area contributed by atoms with Gasteiger partial charge in [0.25, 0.3) is 0 Å². The number of methoxy groups -OCH3 is 1. The maximum atomic E-state index is 11.4. The molecule has 0 aliphatic carbocycles. The van der Waals surface area contributed by atoms with Gasteiger partial charge >= 0.3 is 5.97 Å². The van der Waals surface area contributed by atoms with Gasteiger partial charge in [0.1, 0.15) is 0 Å². The smallest absolute Gasteiger partial charge is 0.312 e. The first-order valence-electron chi connectivity index (χ1n) is 5.25. The normalized spacial score (nSPS) is 11.2. The molecule has 0 atom stereocenters. The van der Waals surface area contributed by atoms with Crippen molar-refractivity contribution in [3.63, 3.8) is 0 Å². The van der Waals surface area contributed by atoms with Gasteiger partial charge in [0.2, 0.25) is 0 Å². The van der Waals surface area contributed by atoms with E-state index in [1.807, 2.05) is 32.0 Å². The monoisotopic (exact) mass is 222 g/mol. The molecule has 88 valence electrons. The first-order valence-corrected chi connectivity index (χ1v) is 5.25. The predicted octanol–water partition coefficient (Wildman–Crippen LogP) is 1.37. The van der Waals surface area contributed by atoms with Gasteiger partial charge in [0.15, 0.2) is 0 Å². The van der Waals surface area contributed by atoms with Crippen molar-refractivity contribution in [3.8, 4) is 0 Å². The molecule has 1 heterocycles. The zero-order valence-corrected chi connectivity index (χ0v) is 9.99. The Kier molecular flexibility index (Phi) is 4.43. The van der Waals surface area contributed by atoms with Gasteiger partial charge in [-0.2, -0.15) is 0 Å². The van der Waals surface area contributed by atoms with Crippen LogP contribution in [0.4, 0.5) is 0 Å². The predicted molar refractivity (Wildman–Crippen MR) is 61.7 cm³/mol. The van der Waals surface area contributed by atoms with Gasteiger partial charge in [-0.15, -0.1) is 0 Å². The highest BCUT2D eigenvalue weighted by atomic mass is 16.5. The number of hydrogen-bond donors (Lipinski definition) is 1. The molecule has 0 bridgehead atoms. The number of aromatic nitrogens is 1. The average Bonchev–Trinajstić information content (AvgIpc) is 2.29. The van der Waals surface area contributed by atoms with Crippen LogP contribution in [0.1, 0.15) is 19.5 Å². The second-order valence-corrected chi connectivity index (χ2v) is 4.30. The van der Waals surface area contributed by atoms with Crippen LogP contribution in [0.3, 0.4) is 0 Å². The largest absolute Gasteiger partial charge is 0.469 e. The molecule has 4 nitrogen and oxygen atoms in total. The lowest BCUT2D eigenvalue weighted by molar-refractivity contribution is -0.150. The van der Waals surface area contributed by atoms with E-state index in [9.17, 15) is 4.79 Å². The molecule has 16 heavy (non-hydrogen) atoms. The van der Waals surface area contributed by atoms with Crippen molar-refractivity contribution in [1.82, 2.24) is 10.3 Å². The number of carbonyl (C=O) groups excluding carboxylic acids is 1. The highest BCUT2D eigenvalue weighted by Crippen LogP contribution is 2.15. The summed E-state index contributed by atoms with van der Waals surface area (Å²) in [5, 5.41) is 3.19. The lowest BCUT2D eigenvalue weighted by atomic mass is 9.94. The van der Waals surface area contributed by atoms with E-state index in [4.69, 9.17) is 4.74 Å². The Hall–Kier alpha value is -1.42. The van der Waals surface area contributed by atoms with Crippen LogP contribution in [0.25, 0.3) is 0 Å². The van der Waals surface area contributed by atoms with E-state index in [0.29, 0.717) is 13.1 Å². The molecular formula is C12H18N2O2. The highest BCUT2D eigenvalue weighted by molar-refractivity contribution is 5.76. The third-order valence-corrected chi connectivity index (χ3v) is 2.34. The van der Waals surface area contributed by atoms with Gasteiger partial charge in [0.05, 0.1) is 18.2 Å². The van der Waals surface area contributed by atoms with Gasteiger partial charge in [-0.05, 0) is 26.0 Å². The molecule has 0 radical (unpaired) electrons. The minimum absolute atomic E-state index is 0.207. The first-order chi connectivity index (χ1) is 7.56. The van der Waals surface area contributed by atoms with Gasteiger partial charge in [-0.3, -0.25) is 9.78 Å². The molecule has 0 aliphatic heterocycles. The number of pyridine rings is 1. The van der Waals surface area contributed by atoms with Crippen molar-refractivity contribution < 1.29 is 9.53 Å². The number of rotatable bonds is 5. The number of carbonyl (C=O) groups is 1. The van der Waals surface area contributed by atoms with Gasteiger partial charge < -0.3 is 10.1 Å². The summed E-state index contributed by atoms with van der Waals surface area (Å²) in [6, 6.07) is 5.76. The van der Waals surface area contributed by atoms with Crippen LogP contribution in [0, 0.1) is 5.41 Å². The first kappa shape index (κ1) is 12.6. The number of ether oxygens (including phenoxy) is 1. The van der Waals surface area contributed by atoms with Crippen molar-refractivity contribution >= 4 is 5.97 Å². The molecule has 1 rings (SSSR count). The van der Waals surface area contributed by atoms with Crippen LogP contribution in [0.5, 0.6) is 0 Å². The third-order valence-electron chi connectivity index (χ3n) is 2.34. The van der Waals surface area contributed by atoms with E-state index in [1.165, 1.54) is 7.11 Å². The van der Waals surface area contributed by atoms with Crippen LogP contribution in [0.15, 0.2) is 24.4 Å². The molecule has 1 aromatic rings. The fraction of sp³-hybridized carbons (Fsp3) is 0.500. The summed E-state index contributed by atoms with van der Waals surface area (Å²) in [6.07, 6.45) is 1.75. The lowest BCUT2D eigenvalue weighted by Crippen LogP contribution is -2.36. The molecule has 0 saturated carbocycles.